The Balaban J connectivity index is 1.49. The molecular formula is C25H21ClN2O4. The van der Waals surface area contributed by atoms with Crippen LogP contribution in [0.4, 0.5) is 0 Å². The van der Waals surface area contributed by atoms with Crippen LogP contribution in [0.25, 0.3) is 0 Å². The molecule has 0 aromatic heterocycles. The molecule has 2 aromatic rings. The number of rotatable bonds is 5. The predicted molar refractivity (Wildman–Crippen MR) is 118 cm³/mol. The van der Waals surface area contributed by atoms with Crippen molar-refractivity contribution in [3.05, 3.63) is 82.4 Å². The van der Waals surface area contributed by atoms with Crippen LogP contribution in [-0.4, -0.2) is 40.1 Å². The molecule has 1 saturated heterocycles. The van der Waals surface area contributed by atoms with Gasteiger partial charge in [0.25, 0.3) is 17.7 Å². The number of nitrogens with zero attached hydrogens (tertiary/aromatic N) is 2. The highest BCUT2D eigenvalue weighted by Gasteiger charge is 2.61. The van der Waals surface area contributed by atoms with Gasteiger partial charge in [-0.05, 0) is 49.4 Å². The summed E-state index contributed by atoms with van der Waals surface area (Å²) in [6, 6.07) is 13.1. The van der Waals surface area contributed by atoms with E-state index in [1.54, 1.807) is 36.4 Å². The standard InChI is InChI=1S/C25H21ClN2O4/c1-14-2-4-15(5-3-14)20(29)13-27(23(30)16-8-10-19(26)11-9-16)28-24(31)21-17-6-7-18(12-17)22(21)25(28)32/h2-11,17-18,21-22H,12-13H2,1H3/t17-,18-,21-,22-/m0/s1. The van der Waals surface area contributed by atoms with Crippen LogP contribution in [-0.2, 0) is 9.59 Å². The number of ketones is 1. The van der Waals surface area contributed by atoms with E-state index >= 15 is 0 Å². The number of Topliss-reactive ketones (excluding diaryl/α,β-unsaturated/α-hetero) is 1. The lowest BCUT2D eigenvalue weighted by atomic mass is 9.85. The first-order valence-corrected chi connectivity index (χ1v) is 11.0. The van der Waals surface area contributed by atoms with Crippen molar-refractivity contribution in [2.24, 2.45) is 23.7 Å². The van der Waals surface area contributed by atoms with Crippen LogP contribution in [0.3, 0.4) is 0 Å². The number of hydrogen-bond donors (Lipinski definition) is 0. The topological polar surface area (TPSA) is 74.8 Å². The Hall–Kier alpha value is -3.25. The van der Waals surface area contributed by atoms with Crippen molar-refractivity contribution in [2.75, 3.05) is 6.54 Å². The van der Waals surface area contributed by atoms with Gasteiger partial charge in [0.2, 0.25) is 0 Å². The number of imide groups is 1. The van der Waals surface area contributed by atoms with Gasteiger partial charge in [0.05, 0.1) is 11.8 Å². The summed E-state index contributed by atoms with van der Waals surface area (Å²) in [5, 5.41) is 2.38. The van der Waals surface area contributed by atoms with Gasteiger partial charge >= 0.3 is 0 Å². The summed E-state index contributed by atoms with van der Waals surface area (Å²) in [5.74, 6) is -2.68. The summed E-state index contributed by atoms with van der Waals surface area (Å²) in [7, 11) is 0. The highest BCUT2D eigenvalue weighted by atomic mass is 35.5. The second-order valence-corrected chi connectivity index (χ2v) is 9.08. The summed E-state index contributed by atoms with van der Waals surface area (Å²) < 4.78 is 0. The molecule has 2 aromatic carbocycles. The lowest BCUT2D eigenvalue weighted by Crippen LogP contribution is -2.52. The van der Waals surface area contributed by atoms with Crippen molar-refractivity contribution in [1.82, 2.24) is 10.0 Å². The molecule has 1 saturated carbocycles. The summed E-state index contributed by atoms with van der Waals surface area (Å²) in [6.45, 7) is 1.50. The number of allylic oxidation sites excluding steroid dienone is 2. The van der Waals surface area contributed by atoms with E-state index in [9.17, 15) is 19.2 Å². The minimum Gasteiger partial charge on any atom is -0.292 e. The van der Waals surface area contributed by atoms with Gasteiger partial charge in [-0.2, -0.15) is 5.01 Å². The van der Waals surface area contributed by atoms with Gasteiger partial charge in [-0.25, -0.2) is 5.01 Å². The van der Waals surface area contributed by atoms with Gasteiger partial charge in [-0.1, -0.05) is 53.6 Å². The third-order valence-electron chi connectivity index (χ3n) is 6.68. The minimum absolute atomic E-state index is 0.00624. The maximum absolute atomic E-state index is 13.4. The molecule has 3 aliphatic rings. The smallest absolute Gasteiger partial charge is 0.273 e. The van der Waals surface area contributed by atoms with Gasteiger partial charge in [-0.3, -0.25) is 19.2 Å². The number of carbonyl (C=O) groups excluding carboxylic acids is 4. The Labute approximate surface area is 190 Å². The van der Waals surface area contributed by atoms with Crippen molar-refractivity contribution in [3.8, 4) is 0 Å². The first kappa shape index (κ1) is 20.6. The van der Waals surface area contributed by atoms with E-state index in [0.717, 1.165) is 22.0 Å². The first-order valence-electron chi connectivity index (χ1n) is 10.6. The maximum atomic E-state index is 13.4. The Morgan fingerprint density at radius 3 is 2.00 bits per heavy atom. The average Bonchev–Trinajstić information content (AvgIpc) is 3.47. The molecule has 5 rings (SSSR count). The summed E-state index contributed by atoms with van der Waals surface area (Å²) >= 11 is 5.95. The molecule has 0 N–H and O–H groups in total. The van der Waals surface area contributed by atoms with Crippen molar-refractivity contribution in [3.63, 3.8) is 0 Å². The Morgan fingerprint density at radius 1 is 0.906 bits per heavy atom. The fourth-order valence-electron chi connectivity index (χ4n) is 5.07. The molecule has 2 fully saturated rings. The van der Waals surface area contributed by atoms with Gasteiger partial charge < -0.3 is 0 Å². The molecule has 162 valence electrons. The largest absolute Gasteiger partial charge is 0.292 e. The number of halogens is 1. The highest BCUT2D eigenvalue weighted by Crippen LogP contribution is 2.52. The molecule has 3 amide bonds. The van der Waals surface area contributed by atoms with Crippen LogP contribution < -0.4 is 0 Å². The molecule has 0 spiro atoms. The molecule has 1 aliphatic heterocycles. The number of aryl methyl sites for hydroxylation is 1. The fourth-order valence-corrected chi connectivity index (χ4v) is 5.19. The molecule has 7 heteroatoms. The molecule has 2 bridgehead atoms. The Kier molecular flexibility index (Phi) is 4.97. The van der Waals surface area contributed by atoms with Crippen LogP contribution >= 0.6 is 11.6 Å². The Morgan fingerprint density at radius 2 is 1.44 bits per heavy atom. The zero-order chi connectivity index (χ0) is 22.6. The van der Waals surface area contributed by atoms with Crippen LogP contribution in [0.15, 0.2) is 60.7 Å². The van der Waals surface area contributed by atoms with Crippen LogP contribution in [0.5, 0.6) is 0 Å². The summed E-state index contributed by atoms with van der Waals surface area (Å²) in [6.07, 6.45) is 4.76. The number of hydrogen-bond acceptors (Lipinski definition) is 4. The average molecular weight is 449 g/mol. The first-order chi connectivity index (χ1) is 15.3. The third kappa shape index (κ3) is 3.26. The van der Waals surface area contributed by atoms with Crippen LogP contribution in [0, 0.1) is 30.6 Å². The number of fused-ring (bicyclic) bond motifs is 5. The van der Waals surface area contributed by atoms with Crippen molar-refractivity contribution < 1.29 is 19.2 Å². The number of benzene rings is 2. The van der Waals surface area contributed by atoms with Gasteiger partial charge in [0.1, 0.15) is 6.54 Å². The van der Waals surface area contributed by atoms with Crippen molar-refractivity contribution in [1.29, 1.82) is 0 Å². The SMILES string of the molecule is Cc1ccc(C(=O)CN(C(=O)c2ccc(Cl)cc2)N2C(=O)[C@@H]3[C@@H](C2=O)[C@H]2C=C[C@H]3C2)cc1. The lowest BCUT2D eigenvalue weighted by Gasteiger charge is -2.30. The number of carbonyl (C=O) groups is 4. The zero-order valence-electron chi connectivity index (χ0n) is 17.4. The molecule has 0 radical (unpaired) electrons. The normalized spacial score (nSPS) is 25.4. The van der Waals surface area contributed by atoms with Gasteiger partial charge in [-0.15, -0.1) is 0 Å². The summed E-state index contributed by atoms with van der Waals surface area (Å²) in [5.41, 5.74) is 1.65. The zero-order valence-corrected chi connectivity index (χ0v) is 18.2. The van der Waals surface area contributed by atoms with Crippen LogP contribution in [0.2, 0.25) is 5.02 Å². The quantitative estimate of drug-likeness (QED) is 0.397. The molecule has 6 nitrogen and oxygen atoms in total. The van der Waals surface area contributed by atoms with E-state index in [-0.39, 0.29) is 23.2 Å². The second-order valence-electron chi connectivity index (χ2n) is 8.65. The van der Waals surface area contributed by atoms with Crippen molar-refractivity contribution in [2.45, 2.75) is 13.3 Å². The van der Waals surface area contributed by atoms with E-state index in [1.807, 2.05) is 19.1 Å². The lowest BCUT2D eigenvalue weighted by molar-refractivity contribution is -0.154. The second kappa shape index (κ2) is 7.71. The molecule has 2 aliphatic carbocycles. The van der Waals surface area contributed by atoms with Gasteiger partial charge in [0.15, 0.2) is 5.78 Å². The molecule has 1 heterocycles. The van der Waals surface area contributed by atoms with Crippen LogP contribution in [0.1, 0.15) is 32.7 Å². The van der Waals surface area contributed by atoms with E-state index in [4.69, 9.17) is 11.6 Å². The van der Waals surface area contributed by atoms with Crippen molar-refractivity contribution >= 4 is 35.1 Å². The fraction of sp³-hybridized carbons (Fsp3) is 0.280. The highest BCUT2D eigenvalue weighted by molar-refractivity contribution is 6.30. The Bertz CT molecular complexity index is 1130. The number of hydrazine groups is 1. The summed E-state index contributed by atoms with van der Waals surface area (Å²) in [4.78, 5) is 53.1. The predicted octanol–water partition coefficient (Wildman–Crippen LogP) is 3.70. The van der Waals surface area contributed by atoms with E-state index in [1.165, 1.54) is 12.1 Å². The van der Waals surface area contributed by atoms with E-state index < -0.39 is 36.1 Å². The molecular weight excluding hydrogens is 428 g/mol. The minimum atomic E-state index is -0.593. The maximum Gasteiger partial charge on any atom is 0.273 e. The third-order valence-corrected chi connectivity index (χ3v) is 6.93. The molecule has 32 heavy (non-hydrogen) atoms. The number of amides is 3. The monoisotopic (exact) mass is 448 g/mol. The molecule has 4 atom stereocenters. The van der Waals surface area contributed by atoms with E-state index in [0.29, 0.717) is 10.6 Å². The van der Waals surface area contributed by atoms with E-state index in [2.05, 4.69) is 0 Å². The van der Waals surface area contributed by atoms with Gasteiger partial charge in [0, 0.05) is 16.1 Å². The molecule has 0 unspecified atom stereocenters.